The smallest absolute Gasteiger partial charge is 0.244 e. The van der Waals surface area contributed by atoms with Gasteiger partial charge in [-0.3, -0.25) is 13.9 Å². The Morgan fingerprint density at radius 3 is 2.31 bits per heavy atom. The molecule has 1 fully saturated rings. The number of nitrogens with one attached hydrogen (secondary N) is 1. The van der Waals surface area contributed by atoms with Gasteiger partial charge in [0.2, 0.25) is 21.8 Å². The fourth-order valence-electron chi connectivity index (χ4n) is 4.57. The van der Waals surface area contributed by atoms with Crippen LogP contribution >= 0.6 is 23.2 Å². The lowest BCUT2D eigenvalue weighted by atomic mass is 9.95. The Kier molecular flexibility index (Phi) is 10.7. The first-order valence-electron chi connectivity index (χ1n) is 12.7. The topological polar surface area (TPSA) is 105 Å². The Balaban J connectivity index is 1.95. The third kappa shape index (κ3) is 8.16. The molecule has 39 heavy (non-hydrogen) atoms. The van der Waals surface area contributed by atoms with E-state index in [9.17, 15) is 18.0 Å². The first-order valence-corrected chi connectivity index (χ1v) is 15.3. The lowest BCUT2D eigenvalue weighted by molar-refractivity contribution is -0.139. The molecule has 0 heterocycles. The number of ether oxygens (including phenoxy) is 2. The molecule has 1 atom stereocenters. The minimum Gasteiger partial charge on any atom is -0.497 e. The quantitative estimate of drug-likeness (QED) is 0.403. The van der Waals surface area contributed by atoms with Gasteiger partial charge in [0.1, 0.15) is 24.1 Å². The minimum absolute atomic E-state index is 0.0157. The highest BCUT2D eigenvalue weighted by molar-refractivity contribution is 7.92. The lowest BCUT2D eigenvalue weighted by Crippen LogP contribution is -2.53. The number of benzene rings is 2. The monoisotopic (exact) mass is 599 g/mol. The highest BCUT2D eigenvalue weighted by atomic mass is 35.5. The number of methoxy groups -OCH3 is 2. The van der Waals surface area contributed by atoms with Gasteiger partial charge in [-0.05, 0) is 49.6 Å². The van der Waals surface area contributed by atoms with Crippen molar-refractivity contribution in [1.29, 1.82) is 0 Å². The molecule has 214 valence electrons. The lowest BCUT2D eigenvalue weighted by Gasteiger charge is -2.33. The Bertz CT molecular complexity index is 1280. The zero-order valence-electron chi connectivity index (χ0n) is 22.6. The SMILES string of the molecule is COc1ccc(OC)c(N(CC(=O)N(Cc2ccc(Cl)c(Cl)c2)[C@@H](C)C(=O)NC2CCCCC2)S(C)(=O)=O)c1. The number of halogens is 2. The molecule has 0 aliphatic heterocycles. The molecule has 3 rings (SSSR count). The van der Waals surface area contributed by atoms with Crippen molar-refractivity contribution in [3.8, 4) is 11.5 Å². The van der Waals surface area contributed by atoms with Gasteiger partial charge in [-0.1, -0.05) is 48.5 Å². The van der Waals surface area contributed by atoms with Crippen LogP contribution in [-0.4, -0.2) is 64.2 Å². The van der Waals surface area contributed by atoms with E-state index in [1.54, 1.807) is 37.3 Å². The molecule has 0 saturated heterocycles. The van der Waals surface area contributed by atoms with Crippen LogP contribution in [0.4, 0.5) is 5.69 Å². The first-order chi connectivity index (χ1) is 18.4. The molecule has 2 aromatic rings. The maximum absolute atomic E-state index is 13.8. The molecule has 0 radical (unpaired) electrons. The number of nitrogens with zero attached hydrogens (tertiary/aromatic N) is 2. The van der Waals surface area contributed by atoms with E-state index >= 15 is 0 Å². The summed E-state index contributed by atoms with van der Waals surface area (Å²) in [5.41, 5.74) is 0.779. The molecule has 12 heteroatoms. The van der Waals surface area contributed by atoms with Crippen LogP contribution in [0.5, 0.6) is 11.5 Å². The fourth-order valence-corrected chi connectivity index (χ4v) is 5.74. The molecule has 1 aliphatic carbocycles. The average Bonchev–Trinajstić information content (AvgIpc) is 2.91. The van der Waals surface area contributed by atoms with E-state index in [0.717, 1.165) is 42.7 Å². The van der Waals surface area contributed by atoms with E-state index in [1.807, 2.05) is 0 Å². The molecule has 9 nitrogen and oxygen atoms in total. The minimum atomic E-state index is -3.95. The zero-order chi connectivity index (χ0) is 28.7. The third-order valence-electron chi connectivity index (χ3n) is 6.79. The second-order valence-corrected chi connectivity index (χ2v) is 12.3. The van der Waals surface area contributed by atoms with Gasteiger partial charge in [0, 0.05) is 18.7 Å². The van der Waals surface area contributed by atoms with Gasteiger partial charge in [-0.25, -0.2) is 8.42 Å². The zero-order valence-corrected chi connectivity index (χ0v) is 24.9. The standard InChI is InChI=1S/C27H35Cl2N3O6S/c1-18(27(34)30-20-8-6-5-7-9-20)31(16-19-10-12-22(28)23(29)14-19)26(33)17-32(39(4,35)36)24-15-21(37-2)11-13-25(24)38-3/h10-15,18,20H,5-9,16-17H2,1-4H3,(H,30,34)/t18-/m0/s1. The number of hydrogen-bond donors (Lipinski definition) is 1. The van der Waals surface area contributed by atoms with E-state index < -0.39 is 28.5 Å². The Hall–Kier alpha value is -2.69. The summed E-state index contributed by atoms with van der Waals surface area (Å²) in [5.74, 6) is -0.254. The summed E-state index contributed by atoms with van der Waals surface area (Å²) in [7, 11) is -1.09. The van der Waals surface area contributed by atoms with Crippen molar-refractivity contribution in [1.82, 2.24) is 10.2 Å². The molecule has 1 saturated carbocycles. The second kappa shape index (κ2) is 13.6. The summed E-state index contributed by atoms with van der Waals surface area (Å²) in [4.78, 5) is 28.5. The van der Waals surface area contributed by atoms with Gasteiger partial charge < -0.3 is 19.7 Å². The van der Waals surface area contributed by atoms with Gasteiger partial charge in [0.25, 0.3) is 0 Å². The van der Waals surface area contributed by atoms with Crippen molar-refractivity contribution in [2.45, 2.75) is 57.7 Å². The Labute approximate surface area is 240 Å². The Morgan fingerprint density at radius 2 is 1.72 bits per heavy atom. The van der Waals surface area contributed by atoms with Gasteiger partial charge in [0.05, 0.1) is 36.2 Å². The van der Waals surface area contributed by atoms with E-state index in [-0.39, 0.29) is 29.9 Å². The normalized spacial score (nSPS) is 14.8. The number of carbonyl (C=O) groups excluding carboxylic acids is 2. The van der Waals surface area contributed by atoms with Crippen LogP contribution in [0.15, 0.2) is 36.4 Å². The summed E-state index contributed by atoms with van der Waals surface area (Å²) in [6.45, 7) is 1.08. The largest absolute Gasteiger partial charge is 0.497 e. The first kappa shape index (κ1) is 30.8. The van der Waals surface area contributed by atoms with Crippen LogP contribution in [0.3, 0.4) is 0 Å². The van der Waals surface area contributed by atoms with Crippen molar-refractivity contribution in [3.05, 3.63) is 52.0 Å². The van der Waals surface area contributed by atoms with Crippen LogP contribution in [0.25, 0.3) is 0 Å². The van der Waals surface area contributed by atoms with Crippen molar-refractivity contribution in [2.75, 3.05) is 31.3 Å². The van der Waals surface area contributed by atoms with Gasteiger partial charge >= 0.3 is 0 Å². The predicted molar refractivity (Wildman–Crippen MR) is 153 cm³/mol. The second-order valence-electron chi connectivity index (χ2n) is 9.60. The number of sulfonamides is 1. The average molecular weight is 601 g/mol. The van der Waals surface area contributed by atoms with Gasteiger partial charge in [-0.15, -0.1) is 0 Å². The molecular weight excluding hydrogens is 565 g/mol. The van der Waals surface area contributed by atoms with Crippen LogP contribution < -0.4 is 19.1 Å². The molecule has 2 aromatic carbocycles. The molecule has 1 N–H and O–H groups in total. The van der Waals surface area contributed by atoms with Crippen molar-refractivity contribution < 1.29 is 27.5 Å². The molecule has 0 spiro atoms. The van der Waals surface area contributed by atoms with Crippen molar-refractivity contribution >= 4 is 50.7 Å². The molecule has 1 aliphatic rings. The molecule has 2 amide bonds. The van der Waals surface area contributed by atoms with Gasteiger partial charge in [-0.2, -0.15) is 0 Å². The fraction of sp³-hybridized carbons (Fsp3) is 0.481. The summed E-state index contributed by atoms with van der Waals surface area (Å²) in [5, 5.41) is 3.72. The van der Waals surface area contributed by atoms with Crippen LogP contribution in [-0.2, 0) is 26.2 Å². The van der Waals surface area contributed by atoms with E-state index in [4.69, 9.17) is 32.7 Å². The third-order valence-corrected chi connectivity index (χ3v) is 8.66. The summed E-state index contributed by atoms with van der Waals surface area (Å²) < 4.78 is 37.4. The number of anilines is 1. The van der Waals surface area contributed by atoms with E-state index in [1.165, 1.54) is 25.2 Å². The molecule has 0 bridgehead atoms. The highest BCUT2D eigenvalue weighted by Crippen LogP contribution is 2.34. The maximum atomic E-state index is 13.8. The Morgan fingerprint density at radius 1 is 1.03 bits per heavy atom. The van der Waals surface area contributed by atoms with Crippen LogP contribution in [0.1, 0.15) is 44.6 Å². The van der Waals surface area contributed by atoms with E-state index in [0.29, 0.717) is 21.4 Å². The van der Waals surface area contributed by atoms with Crippen molar-refractivity contribution in [3.63, 3.8) is 0 Å². The van der Waals surface area contributed by atoms with Crippen LogP contribution in [0.2, 0.25) is 10.0 Å². The number of carbonyl (C=O) groups is 2. The molecule has 0 aromatic heterocycles. The van der Waals surface area contributed by atoms with Crippen molar-refractivity contribution in [2.24, 2.45) is 0 Å². The summed E-state index contributed by atoms with van der Waals surface area (Å²) >= 11 is 12.3. The summed E-state index contributed by atoms with van der Waals surface area (Å²) in [6.07, 6.45) is 5.99. The van der Waals surface area contributed by atoms with Gasteiger partial charge in [0.15, 0.2) is 0 Å². The maximum Gasteiger partial charge on any atom is 0.244 e. The summed E-state index contributed by atoms with van der Waals surface area (Å²) in [6, 6.07) is 8.76. The number of rotatable bonds is 11. The number of hydrogen-bond acceptors (Lipinski definition) is 6. The van der Waals surface area contributed by atoms with E-state index in [2.05, 4.69) is 5.32 Å². The highest BCUT2D eigenvalue weighted by Gasteiger charge is 2.32. The molecular formula is C27H35Cl2N3O6S. The molecule has 0 unspecified atom stereocenters. The predicted octanol–water partition coefficient (Wildman–Crippen LogP) is 4.64. The van der Waals surface area contributed by atoms with Crippen LogP contribution in [0, 0.1) is 0 Å². The number of amides is 2.